The van der Waals surface area contributed by atoms with E-state index in [2.05, 4.69) is 27.1 Å². The summed E-state index contributed by atoms with van der Waals surface area (Å²) in [5.74, 6) is 1.20. The van der Waals surface area contributed by atoms with Gasteiger partial charge in [0.2, 0.25) is 11.8 Å². The summed E-state index contributed by atoms with van der Waals surface area (Å²) in [4.78, 5) is 2.32. The van der Waals surface area contributed by atoms with Gasteiger partial charge in [0, 0.05) is 31.0 Å². The van der Waals surface area contributed by atoms with Gasteiger partial charge in [0.1, 0.15) is 0 Å². The molecule has 0 radical (unpaired) electrons. The Morgan fingerprint density at radius 1 is 1.20 bits per heavy atom. The van der Waals surface area contributed by atoms with Crippen molar-refractivity contribution in [3.8, 4) is 11.5 Å². The largest absolute Gasteiger partial charge is 0.419 e. The maximum Gasteiger partial charge on any atom is 0.247 e. The van der Waals surface area contributed by atoms with Crippen molar-refractivity contribution in [1.82, 2.24) is 24.9 Å². The number of rotatable bonds is 5. The molecule has 0 N–H and O–H groups in total. The normalized spacial score (nSPS) is 19.8. The van der Waals surface area contributed by atoms with Crippen molar-refractivity contribution in [2.75, 3.05) is 19.7 Å². The topological polar surface area (TPSA) is 69.2 Å². The van der Waals surface area contributed by atoms with E-state index in [0.717, 1.165) is 25.2 Å². The smallest absolute Gasteiger partial charge is 0.247 e. The SMILES string of the molecule is C[C@@H](c1nnc(-c2ccccc2)o1)N1CCO[C@@H](Cn2cccn2)C1. The van der Waals surface area contributed by atoms with Gasteiger partial charge >= 0.3 is 0 Å². The molecule has 1 saturated heterocycles. The Morgan fingerprint density at radius 2 is 2.08 bits per heavy atom. The van der Waals surface area contributed by atoms with Crippen LogP contribution in [0.3, 0.4) is 0 Å². The fourth-order valence-corrected chi connectivity index (χ4v) is 3.08. The Labute approximate surface area is 146 Å². The highest BCUT2D eigenvalue weighted by Gasteiger charge is 2.28. The van der Waals surface area contributed by atoms with Crippen LogP contribution in [-0.2, 0) is 11.3 Å². The van der Waals surface area contributed by atoms with Crippen LogP contribution in [0.4, 0.5) is 0 Å². The first-order chi connectivity index (χ1) is 12.3. The van der Waals surface area contributed by atoms with E-state index in [1.165, 1.54) is 0 Å². The van der Waals surface area contributed by atoms with Crippen molar-refractivity contribution in [3.05, 3.63) is 54.7 Å². The van der Waals surface area contributed by atoms with Gasteiger partial charge in [-0.3, -0.25) is 9.58 Å². The van der Waals surface area contributed by atoms with Crippen LogP contribution in [-0.4, -0.2) is 50.7 Å². The first-order valence-electron chi connectivity index (χ1n) is 8.51. The monoisotopic (exact) mass is 339 g/mol. The first-order valence-corrected chi connectivity index (χ1v) is 8.51. The van der Waals surface area contributed by atoms with Crippen LogP contribution in [0.2, 0.25) is 0 Å². The Morgan fingerprint density at radius 3 is 2.88 bits per heavy atom. The van der Waals surface area contributed by atoms with Crippen LogP contribution in [0.15, 0.2) is 53.2 Å². The summed E-state index contributed by atoms with van der Waals surface area (Å²) in [6, 6.07) is 11.8. The lowest BCUT2D eigenvalue weighted by Crippen LogP contribution is -2.45. The van der Waals surface area contributed by atoms with Gasteiger partial charge in [-0.25, -0.2) is 0 Å². The van der Waals surface area contributed by atoms with Crippen LogP contribution in [0.25, 0.3) is 11.5 Å². The van der Waals surface area contributed by atoms with E-state index in [1.807, 2.05) is 47.3 Å². The molecule has 0 bridgehead atoms. The summed E-state index contributed by atoms with van der Waals surface area (Å²) in [6.45, 7) is 5.19. The van der Waals surface area contributed by atoms with Crippen LogP contribution in [0.5, 0.6) is 0 Å². The van der Waals surface area contributed by atoms with E-state index >= 15 is 0 Å². The lowest BCUT2D eigenvalue weighted by atomic mass is 10.2. The Kier molecular flexibility index (Phi) is 4.58. The van der Waals surface area contributed by atoms with Crippen molar-refractivity contribution >= 4 is 0 Å². The molecule has 2 atom stereocenters. The highest BCUT2D eigenvalue weighted by Crippen LogP contribution is 2.25. The van der Waals surface area contributed by atoms with Crippen molar-refractivity contribution in [2.24, 2.45) is 0 Å². The number of ether oxygens (including phenoxy) is 1. The third-order valence-corrected chi connectivity index (χ3v) is 4.49. The average Bonchev–Trinajstić information content (AvgIpc) is 3.34. The van der Waals surface area contributed by atoms with Crippen molar-refractivity contribution in [3.63, 3.8) is 0 Å². The molecule has 7 nitrogen and oxygen atoms in total. The molecule has 0 aliphatic carbocycles. The first kappa shape index (κ1) is 16.0. The predicted molar refractivity (Wildman–Crippen MR) is 91.7 cm³/mol. The molecule has 0 amide bonds. The van der Waals surface area contributed by atoms with Crippen LogP contribution in [0.1, 0.15) is 18.9 Å². The molecule has 1 aliphatic heterocycles. The van der Waals surface area contributed by atoms with Crippen molar-refractivity contribution in [1.29, 1.82) is 0 Å². The zero-order valence-electron chi connectivity index (χ0n) is 14.2. The zero-order valence-corrected chi connectivity index (χ0v) is 14.2. The van der Waals surface area contributed by atoms with E-state index in [-0.39, 0.29) is 12.1 Å². The molecule has 0 saturated carbocycles. The second-order valence-electron chi connectivity index (χ2n) is 6.20. The minimum Gasteiger partial charge on any atom is -0.419 e. The molecule has 0 unspecified atom stereocenters. The molecule has 0 spiro atoms. The maximum atomic E-state index is 5.90. The number of hydrogen-bond acceptors (Lipinski definition) is 6. The van der Waals surface area contributed by atoms with Crippen LogP contribution in [0, 0.1) is 0 Å². The van der Waals surface area contributed by atoms with Gasteiger partial charge in [0.15, 0.2) is 0 Å². The Bertz CT molecular complexity index is 787. The maximum absolute atomic E-state index is 5.90. The summed E-state index contributed by atoms with van der Waals surface area (Å²) in [6.07, 6.45) is 3.84. The third-order valence-electron chi connectivity index (χ3n) is 4.49. The molecule has 2 aromatic heterocycles. The summed E-state index contributed by atoms with van der Waals surface area (Å²) in [5.41, 5.74) is 0.937. The number of aromatic nitrogens is 4. The highest BCUT2D eigenvalue weighted by atomic mass is 16.5. The van der Waals surface area contributed by atoms with Gasteiger partial charge in [-0.2, -0.15) is 5.10 Å². The van der Waals surface area contributed by atoms with E-state index in [0.29, 0.717) is 18.4 Å². The Balaban J connectivity index is 1.43. The molecule has 3 heterocycles. The quantitative estimate of drug-likeness (QED) is 0.711. The van der Waals surface area contributed by atoms with Crippen molar-refractivity contribution < 1.29 is 9.15 Å². The van der Waals surface area contributed by atoms with Gasteiger partial charge in [-0.15, -0.1) is 10.2 Å². The molecule has 4 rings (SSSR count). The predicted octanol–water partition coefficient (Wildman–Crippen LogP) is 2.40. The van der Waals surface area contributed by atoms with Gasteiger partial charge in [-0.1, -0.05) is 18.2 Å². The standard InChI is InChI=1S/C18H21N5O2/c1-14(17-20-21-18(25-17)15-6-3-2-4-7-15)22-10-11-24-16(12-22)13-23-9-5-8-19-23/h2-9,14,16H,10-13H2,1H3/t14-,16+/m0/s1. The summed E-state index contributed by atoms with van der Waals surface area (Å²) in [7, 11) is 0. The highest BCUT2D eigenvalue weighted by molar-refractivity contribution is 5.51. The fourth-order valence-electron chi connectivity index (χ4n) is 3.08. The lowest BCUT2D eigenvalue weighted by molar-refractivity contribution is -0.0526. The molecule has 3 aromatic rings. The number of hydrogen-bond donors (Lipinski definition) is 0. The minimum absolute atomic E-state index is 0.0500. The van der Waals surface area contributed by atoms with Gasteiger partial charge in [0.05, 0.1) is 25.3 Å². The molecular weight excluding hydrogens is 318 g/mol. The molecule has 1 aliphatic rings. The molecule has 130 valence electrons. The summed E-state index contributed by atoms with van der Waals surface area (Å²) in [5, 5.41) is 12.7. The van der Waals surface area contributed by atoms with Gasteiger partial charge in [-0.05, 0) is 25.1 Å². The Hall–Kier alpha value is -2.51. The molecule has 1 fully saturated rings. The van der Waals surface area contributed by atoms with E-state index < -0.39 is 0 Å². The zero-order chi connectivity index (χ0) is 17.1. The molecule has 7 heteroatoms. The van der Waals surface area contributed by atoms with E-state index in [1.54, 1.807) is 6.20 Å². The van der Waals surface area contributed by atoms with E-state index in [4.69, 9.17) is 9.15 Å². The molecule has 25 heavy (non-hydrogen) atoms. The molecular formula is C18H21N5O2. The van der Waals surface area contributed by atoms with E-state index in [9.17, 15) is 0 Å². The van der Waals surface area contributed by atoms with Gasteiger partial charge in [0.25, 0.3) is 0 Å². The van der Waals surface area contributed by atoms with Crippen LogP contribution >= 0.6 is 0 Å². The number of morpholine rings is 1. The second kappa shape index (κ2) is 7.16. The van der Waals surface area contributed by atoms with Crippen molar-refractivity contribution in [2.45, 2.75) is 25.6 Å². The summed E-state index contributed by atoms with van der Waals surface area (Å²) >= 11 is 0. The number of benzene rings is 1. The lowest BCUT2D eigenvalue weighted by Gasteiger charge is -2.35. The molecule has 1 aromatic carbocycles. The van der Waals surface area contributed by atoms with Gasteiger partial charge < -0.3 is 9.15 Å². The minimum atomic E-state index is 0.0500. The summed E-state index contributed by atoms with van der Waals surface area (Å²) < 4.78 is 13.7. The van der Waals surface area contributed by atoms with Crippen LogP contribution < -0.4 is 0 Å². The second-order valence-corrected chi connectivity index (χ2v) is 6.20. The average molecular weight is 339 g/mol. The fraction of sp³-hybridized carbons (Fsp3) is 0.389. The number of nitrogens with zero attached hydrogens (tertiary/aromatic N) is 5. The third kappa shape index (κ3) is 3.62.